The molecule has 0 radical (unpaired) electrons. The molecule has 18 heavy (non-hydrogen) atoms. The van der Waals surface area contributed by atoms with Gasteiger partial charge in [-0.05, 0) is 11.6 Å². The molecule has 0 saturated heterocycles. The number of nitrogens with two attached hydrogens (primary N) is 1. The fraction of sp³-hybridized carbons (Fsp3) is 0.250. The number of aromatic nitrogens is 2. The summed E-state index contributed by atoms with van der Waals surface area (Å²) in [6, 6.07) is 4.93. The second kappa shape index (κ2) is 5.18. The van der Waals surface area contributed by atoms with E-state index in [1.807, 2.05) is 12.1 Å². The first-order valence-corrected chi connectivity index (χ1v) is 6.07. The molecule has 0 aliphatic rings. The molecule has 0 aliphatic heterocycles. The highest BCUT2D eigenvalue weighted by Gasteiger charge is 2.21. The topological polar surface area (TPSA) is 53.1 Å². The number of hydrogen-bond acceptors (Lipinski definition) is 3. The van der Waals surface area contributed by atoms with Crippen molar-refractivity contribution in [1.29, 1.82) is 0 Å². The summed E-state index contributed by atoms with van der Waals surface area (Å²) in [5, 5.41) is 5.05. The highest BCUT2D eigenvalue weighted by molar-refractivity contribution is 6.42. The van der Waals surface area contributed by atoms with Gasteiger partial charge < -0.3 is 10.5 Å². The molecule has 2 N–H and O–H groups in total. The van der Waals surface area contributed by atoms with E-state index in [1.54, 1.807) is 31.1 Å². The van der Waals surface area contributed by atoms with Gasteiger partial charge in [0.05, 0.1) is 29.4 Å². The van der Waals surface area contributed by atoms with Crippen LogP contribution in [0.2, 0.25) is 10.0 Å². The Morgan fingerprint density at radius 1 is 1.39 bits per heavy atom. The normalized spacial score (nSPS) is 12.5. The minimum atomic E-state index is -0.446. The molecule has 0 spiro atoms. The van der Waals surface area contributed by atoms with Crippen molar-refractivity contribution >= 4 is 23.2 Å². The van der Waals surface area contributed by atoms with Crippen LogP contribution < -0.4 is 10.5 Å². The smallest absolute Gasteiger partial charge is 0.161 e. The number of methoxy groups -OCH3 is 1. The van der Waals surface area contributed by atoms with Crippen LogP contribution in [-0.2, 0) is 7.05 Å². The van der Waals surface area contributed by atoms with Gasteiger partial charge in [0.2, 0.25) is 0 Å². The van der Waals surface area contributed by atoms with E-state index in [-0.39, 0.29) is 0 Å². The molecule has 0 aliphatic carbocycles. The van der Waals surface area contributed by atoms with Gasteiger partial charge in [-0.25, -0.2) is 0 Å². The molecule has 6 heteroatoms. The Morgan fingerprint density at radius 3 is 2.78 bits per heavy atom. The zero-order valence-electron chi connectivity index (χ0n) is 10.0. The molecule has 0 saturated carbocycles. The highest BCUT2D eigenvalue weighted by atomic mass is 35.5. The summed E-state index contributed by atoms with van der Waals surface area (Å²) < 4.78 is 6.91. The number of ether oxygens (including phenoxy) is 1. The molecular formula is C12H13Cl2N3O. The van der Waals surface area contributed by atoms with Crippen molar-refractivity contribution in [1.82, 2.24) is 9.78 Å². The SMILES string of the molecule is COc1cnn(C)c1C(N)c1cccc(Cl)c1Cl. The van der Waals surface area contributed by atoms with Crippen LogP contribution in [0, 0.1) is 0 Å². The van der Waals surface area contributed by atoms with Gasteiger partial charge in [0.25, 0.3) is 0 Å². The molecule has 0 bridgehead atoms. The van der Waals surface area contributed by atoms with Crippen LogP contribution >= 0.6 is 23.2 Å². The van der Waals surface area contributed by atoms with Crippen LogP contribution in [0.5, 0.6) is 5.75 Å². The second-order valence-corrected chi connectivity index (χ2v) is 4.63. The van der Waals surface area contributed by atoms with E-state index >= 15 is 0 Å². The quantitative estimate of drug-likeness (QED) is 0.944. The van der Waals surface area contributed by atoms with Crippen LogP contribution in [0.15, 0.2) is 24.4 Å². The summed E-state index contributed by atoms with van der Waals surface area (Å²) in [5.74, 6) is 0.626. The maximum atomic E-state index is 6.22. The molecule has 1 unspecified atom stereocenters. The molecule has 1 heterocycles. The van der Waals surface area contributed by atoms with Crippen LogP contribution in [0.3, 0.4) is 0 Å². The molecule has 4 nitrogen and oxygen atoms in total. The molecular weight excluding hydrogens is 273 g/mol. The lowest BCUT2D eigenvalue weighted by atomic mass is 10.0. The van der Waals surface area contributed by atoms with E-state index in [0.29, 0.717) is 15.8 Å². The third kappa shape index (κ3) is 2.19. The van der Waals surface area contributed by atoms with E-state index in [0.717, 1.165) is 11.3 Å². The van der Waals surface area contributed by atoms with Crippen LogP contribution in [0.1, 0.15) is 17.3 Å². The Bertz CT molecular complexity index is 568. The van der Waals surface area contributed by atoms with E-state index < -0.39 is 6.04 Å². The fourth-order valence-electron chi connectivity index (χ4n) is 1.85. The first kappa shape index (κ1) is 13.2. The van der Waals surface area contributed by atoms with Crippen molar-refractivity contribution in [2.45, 2.75) is 6.04 Å². The molecule has 1 atom stereocenters. The lowest BCUT2D eigenvalue weighted by Crippen LogP contribution is -2.17. The van der Waals surface area contributed by atoms with Crippen molar-refractivity contribution in [3.63, 3.8) is 0 Å². The molecule has 1 aromatic carbocycles. The maximum absolute atomic E-state index is 6.22. The van der Waals surface area contributed by atoms with Crippen molar-refractivity contribution in [2.24, 2.45) is 12.8 Å². The summed E-state index contributed by atoms with van der Waals surface area (Å²) >= 11 is 12.2. The third-order valence-electron chi connectivity index (χ3n) is 2.78. The van der Waals surface area contributed by atoms with E-state index in [2.05, 4.69) is 5.10 Å². The Labute approximate surface area is 115 Å². The molecule has 0 fully saturated rings. The summed E-state index contributed by atoms with van der Waals surface area (Å²) in [7, 11) is 3.38. The van der Waals surface area contributed by atoms with Crippen molar-refractivity contribution in [3.05, 3.63) is 45.7 Å². The van der Waals surface area contributed by atoms with Gasteiger partial charge in [-0.3, -0.25) is 4.68 Å². The van der Waals surface area contributed by atoms with E-state index in [9.17, 15) is 0 Å². The lowest BCUT2D eigenvalue weighted by molar-refractivity contribution is 0.406. The zero-order valence-corrected chi connectivity index (χ0v) is 11.5. The van der Waals surface area contributed by atoms with E-state index in [4.69, 9.17) is 33.7 Å². The van der Waals surface area contributed by atoms with Gasteiger partial charge in [0.15, 0.2) is 5.75 Å². The van der Waals surface area contributed by atoms with Gasteiger partial charge in [0, 0.05) is 7.05 Å². The average molecular weight is 286 g/mol. The average Bonchev–Trinajstić information content (AvgIpc) is 2.73. The van der Waals surface area contributed by atoms with Crippen molar-refractivity contribution in [3.8, 4) is 5.75 Å². The number of rotatable bonds is 3. The van der Waals surface area contributed by atoms with Gasteiger partial charge in [-0.1, -0.05) is 35.3 Å². The Kier molecular flexibility index (Phi) is 3.80. The second-order valence-electron chi connectivity index (χ2n) is 3.84. The molecule has 96 valence electrons. The highest BCUT2D eigenvalue weighted by Crippen LogP contribution is 2.34. The Morgan fingerprint density at radius 2 is 2.11 bits per heavy atom. The minimum Gasteiger partial charge on any atom is -0.493 e. The van der Waals surface area contributed by atoms with Crippen LogP contribution in [-0.4, -0.2) is 16.9 Å². The molecule has 2 aromatic rings. The summed E-state index contributed by atoms with van der Waals surface area (Å²) in [4.78, 5) is 0. The summed E-state index contributed by atoms with van der Waals surface area (Å²) in [6.45, 7) is 0. The van der Waals surface area contributed by atoms with E-state index in [1.165, 1.54) is 0 Å². The molecule has 2 rings (SSSR count). The molecule has 0 amide bonds. The maximum Gasteiger partial charge on any atom is 0.161 e. The fourth-order valence-corrected chi connectivity index (χ4v) is 2.27. The van der Waals surface area contributed by atoms with Gasteiger partial charge in [-0.15, -0.1) is 0 Å². The van der Waals surface area contributed by atoms with Crippen molar-refractivity contribution < 1.29 is 4.74 Å². The van der Waals surface area contributed by atoms with Gasteiger partial charge in [-0.2, -0.15) is 5.10 Å². The first-order chi connectivity index (χ1) is 8.56. The molecule has 1 aromatic heterocycles. The number of hydrogen-bond donors (Lipinski definition) is 1. The summed E-state index contributed by atoms with van der Waals surface area (Å²) in [6.07, 6.45) is 1.62. The number of halogens is 2. The number of aryl methyl sites for hydroxylation is 1. The number of nitrogens with zero attached hydrogens (tertiary/aromatic N) is 2. The van der Waals surface area contributed by atoms with Gasteiger partial charge in [0.1, 0.15) is 5.69 Å². The van der Waals surface area contributed by atoms with Gasteiger partial charge >= 0.3 is 0 Å². The number of benzene rings is 1. The summed E-state index contributed by atoms with van der Waals surface area (Å²) in [5.41, 5.74) is 7.72. The lowest BCUT2D eigenvalue weighted by Gasteiger charge is -2.16. The third-order valence-corrected chi connectivity index (χ3v) is 3.61. The standard InChI is InChI=1S/C12H13Cl2N3O/c1-17-12(9(18-2)6-16-17)11(15)7-4-3-5-8(13)10(7)14/h3-6,11H,15H2,1-2H3. The Balaban J connectivity index is 2.51. The zero-order chi connectivity index (χ0) is 13.3. The predicted molar refractivity (Wildman–Crippen MR) is 72.3 cm³/mol. The predicted octanol–water partition coefficient (Wildman–Crippen LogP) is 2.78. The van der Waals surface area contributed by atoms with Crippen LogP contribution in [0.4, 0.5) is 0 Å². The largest absolute Gasteiger partial charge is 0.493 e. The monoisotopic (exact) mass is 285 g/mol. The Hall–Kier alpha value is -1.23. The first-order valence-electron chi connectivity index (χ1n) is 5.31. The van der Waals surface area contributed by atoms with Crippen molar-refractivity contribution in [2.75, 3.05) is 7.11 Å². The van der Waals surface area contributed by atoms with Crippen LogP contribution in [0.25, 0.3) is 0 Å². The minimum absolute atomic E-state index is 0.446.